The molecule has 0 radical (unpaired) electrons. The molecule has 0 aliphatic heterocycles. The number of nitrogens with zero attached hydrogens (tertiary/aromatic N) is 1. The maximum atomic E-state index is 14.8. The van der Waals surface area contributed by atoms with Crippen molar-refractivity contribution < 1.29 is 37.8 Å². The van der Waals surface area contributed by atoms with Crippen LogP contribution in [0.1, 0.15) is 28.8 Å². The average molecular weight is 604 g/mol. The van der Waals surface area contributed by atoms with Gasteiger partial charge in [-0.1, -0.05) is 12.1 Å². The first-order chi connectivity index (χ1) is 21.1. The molecule has 0 aliphatic rings. The van der Waals surface area contributed by atoms with Gasteiger partial charge in [0.15, 0.2) is 0 Å². The average Bonchev–Trinajstić information content (AvgIpc) is 3.51. The molecule has 0 saturated carbocycles. The monoisotopic (exact) mass is 603 g/mol. The largest absolute Gasteiger partial charge is 0.469 e. The van der Waals surface area contributed by atoms with E-state index in [4.69, 9.17) is 9.47 Å². The summed E-state index contributed by atoms with van der Waals surface area (Å²) in [6.45, 7) is 1.89. The Hall–Kier alpha value is -5.72. The normalized spacial score (nSPS) is 11.2. The van der Waals surface area contributed by atoms with Crippen molar-refractivity contribution in [1.82, 2.24) is 15.3 Å². The van der Waals surface area contributed by atoms with Crippen LogP contribution in [0.5, 0.6) is 11.5 Å². The van der Waals surface area contributed by atoms with Crippen LogP contribution in [-0.4, -0.2) is 54.1 Å². The number of halogens is 1. The molecule has 4 N–H and O–H groups in total. The Bertz CT molecular complexity index is 1670. The highest BCUT2D eigenvalue weighted by molar-refractivity contribution is 6.00. The van der Waals surface area contributed by atoms with E-state index in [0.717, 1.165) is 11.6 Å². The van der Waals surface area contributed by atoms with Crippen LogP contribution in [0.15, 0.2) is 73.1 Å². The molecule has 13 heteroatoms. The highest BCUT2D eigenvalue weighted by Gasteiger charge is 2.24. The molecule has 44 heavy (non-hydrogen) atoms. The van der Waals surface area contributed by atoms with Crippen molar-refractivity contribution in [1.29, 1.82) is 0 Å². The number of aryl methyl sites for hydroxylation is 1. The Morgan fingerprint density at radius 3 is 2.48 bits per heavy atom. The second-order valence-corrected chi connectivity index (χ2v) is 9.54. The van der Waals surface area contributed by atoms with Crippen LogP contribution in [0, 0.1) is 12.7 Å². The van der Waals surface area contributed by atoms with Crippen LogP contribution in [0.2, 0.25) is 0 Å². The zero-order valence-electron chi connectivity index (χ0n) is 24.1. The maximum Gasteiger partial charge on any atom is 0.328 e. The number of amides is 3. The van der Waals surface area contributed by atoms with Crippen LogP contribution in [0.3, 0.4) is 0 Å². The zero-order chi connectivity index (χ0) is 31.6. The van der Waals surface area contributed by atoms with Crippen molar-refractivity contribution >= 4 is 35.3 Å². The van der Waals surface area contributed by atoms with Gasteiger partial charge < -0.3 is 35.1 Å². The van der Waals surface area contributed by atoms with E-state index >= 15 is 0 Å². The summed E-state index contributed by atoms with van der Waals surface area (Å²) in [6, 6.07) is 14.3. The summed E-state index contributed by atoms with van der Waals surface area (Å²) in [5.74, 6) is -1.99. The number of carbonyl (C=O) groups excluding carboxylic acids is 4. The smallest absolute Gasteiger partial charge is 0.328 e. The molecule has 0 fully saturated rings. The first-order valence-corrected chi connectivity index (χ1v) is 13.4. The number of hydrogen-bond acceptors (Lipinski definition) is 8. The predicted molar refractivity (Wildman–Crippen MR) is 159 cm³/mol. The SMILES string of the molecule is COC(=O)CC[C@H](NC(=O)c1c[nH]c(-c2cc(Oc3ccc(NC(=O)Nc4cccc(C)c4)c(F)c3)ccn2)c1)C(=O)OC. The van der Waals surface area contributed by atoms with E-state index in [-0.39, 0.29) is 29.8 Å². The van der Waals surface area contributed by atoms with Gasteiger partial charge in [0.25, 0.3) is 5.91 Å². The minimum absolute atomic E-state index is 0.00153. The Labute approximate surface area is 251 Å². The van der Waals surface area contributed by atoms with E-state index in [1.165, 1.54) is 44.8 Å². The summed E-state index contributed by atoms with van der Waals surface area (Å²) in [4.78, 5) is 55.9. The first kappa shape index (κ1) is 31.2. The van der Waals surface area contributed by atoms with Crippen LogP contribution >= 0.6 is 0 Å². The number of urea groups is 1. The third kappa shape index (κ3) is 8.41. The highest BCUT2D eigenvalue weighted by atomic mass is 19.1. The van der Waals surface area contributed by atoms with Gasteiger partial charge in [-0.15, -0.1) is 0 Å². The molecule has 0 unspecified atom stereocenters. The summed E-state index contributed by atoms with van der Waals surface area (Å²) in [6.07, 6.45) is 2.83. The summed E-state index contributed by atoms with van der Waals surface area (Å²) >= 11 is 0. The molecule has 3 amide bonds. The van der Waals surface area contributed by atoms with E-state index < -0.39 is 35.7 Å². The predicted octanol–water partition coefficient (Wildman–Crippen LogP) is 5.19. The van der Waals surface area contributed by atoms with Crippen LogP contribution in [0.25, 0.3) is 11.4 Å². The lowest BCUT2D eigenvalue weighted by Crippen LogP contribution is -2.41. The molecule has 2 aromatic carbocycles. The highest BCUT2D eigenvalue weighted by Crippen LogP contribution is 2.28. The van der Waals surface area contributed by atoms with Gasteiger partial charge in [0.1, 0.15) is 23.4 Å². The number of benzene rings is 2. The molecule has 0 aliphatic carbocycles. The molecule has 1 atom stereocenters. The van der Waals surface area contributed by atoms with Gasteiger partial charge in [-0.05, 0) is 55.3 Å². The number of methoxy groups -OCH3 is 2. The topological polar surface area (TPSA) is 161 Å². The molecular weight excluding hydrogens is 573 g/mol. The molecule has 4 aromatic rings. The Balaban J connectivity index is 1.39. The molecule has 0 saturated heterocycles. The van der Waals surface area contributed by atoms with Gasteiger partial charge in [0.05, 0.1) is 36.9 Å². The summed E-state index contributed by atoms with van der Waals surface area (Å²) < 4.78 is 29.9. The summed E-state index contributed by atoms with van der Waals surface area (Å²) in [5, 5.41) is 7.68. The summed E-state index contributed by atoms with van der Waals surface area (Å²) in [5.41, 5.74) is 2.60. The van der Waals surface area contributed by atoms with Gasteiger partial charge in [0.2, 0.25) is 0 Å². The number of esters is 2. The molecule has 12 nitrogen and oxygen atoms in total. The van der Waals surface area contributed by atoms with Crippen molar-refractivity contribution in [3.05, 3.63) is 90.0 Å². The molecule has 2 aromatic heterocycles. The fraction of sp³-hybridized carbons (Fsp3) is 0.194. The lowest BCUT2D eigenvalue weighted by Gasteiger charge is -2.15. The quantitative estimate of drug-likeness (QED) is 0.171. The van der Waals surface area contributed by atoms with Crippen molar-refractivity contribution in [2.45, 2.75) is 25.8 Å². The van der Waals surface area contributed by atoms with Gasteiger partial charge >= 0.3 is 18.0 Å². The number of pyridine rings is 1. The maximum absolute atomic E-state index is 14.8. The van der Waals surface area contributed by atoms with E-state index in [0.29, 0.717) is 22.8 Å². The third-order valence-electron chi connectivity index (χ3n) is 6.31. The van der Waals surface area contributed by atoms with Crippen molar-refractivity contribution in [3.8, 4) is 22.9 Å². The number of aromatic nitrogens is 2. The molecule has 0 spiro atoms. The van der Waals surface area contributed by atoms with Crippen LogP contribution in [0.4, 0.5) is 20.6 Å². The van der Waals surface area contributed by atoms with Crippen molar-refractivity contribution in [3.63, 3.8) is 0 Å². The van der Waals surface area contributed by atoms with E-state index in [1.807, 2.05) is 13.0 Å². The van der Waals surface area contributed by atoms with Crippen LogP contribution in [-0.2, 0) is 19.1 Å². The minimum atomic E-state index is -1.05. The molecule has 228 valence electrons. The standard InChI is InChI=1S/C31H30FN5O7/c1-18-5-4-6-20(13-18)35-31(41)37-24-8-7-21(15-23(24)32)44-22-11-12-33-27(16-22)26-14-19(17-34-26)29(39)36-25(30(40)43-3)9-10-28(38)42-2/h4-8,11-17,25,34H,9-10H2,1-3H3,(H,36,39)(H2,35,37,41)/t25-/m0/s1. The molecular formula is C31H30FN5O7. The zero-order valence-corrected chi connectivity index (χ0v) is 24.1. The molecule has 2 heterocycles. The van der Waals surface area contributed by atoms with Gasteiger partial charge in [-0.25, -0.2) is 14.0 Å². The van der Waals surface area contributed by atoms with Gasteiger partial charge in [0, 0.05) is 36.6 Å². The second kappa shape index (κ2) is 14.4. The lowest BCUT2D eigenvalue weighted by atomic mass is 10.1. The number of hydrogen-bond donors (Lipinski definition) is 4. The second-order valence-electron chi connectivity index (χ2n) is 9.54. The Morgan fingerprint density at radius 2 is 1.75 bits per heavy atom. The number of rotatable bonds is 11. The van der Waals surface area contributed by atoms with Gasteiger partial charge in [-0.3, -0.25) is 14.6 Å². The fourth-order valence-electron chi connectivity index (χ4n) is 4.10. The minimum Gasteiger partial charge on any atom is -0.469 e. The van der Waals surface area contributed by atoms with E-state index in [2.05, 4.69) is 30.7 Å². The fourth-order valence-corrected chi connectivity index (χ4v) is 4.10. The van der Waals surface area contributed by atoms with E-state index in [1.54, 1.807) is 30.3 Å². The number of nitrogens with one attached hydrogen (secondary N) is 4. The van der Waals surface area contributed by atoms with E-state index in [9.17, 15) is 23.6 Å². The third-order valence-corrected chi connectivity index (χ3v) is 6.31. The Morgan fingerprint density at radius 1 is 0.955 bits per heavy atom. The Kier molecular flexibility index (Phi) is 10.3. The lowest BCUT2D eigenvalue weighted by molar-refractivity contribution is -0.144. The van der Waals surface area contributed by atoms with Crippen molar-refractivity contribution in [2.75, 3.05) is 24.9 Å². The molecule has 0 bridgehead atoms. The molecule has 4 rings (SSSR count). The first-order valence-electron chi connectivity index (χ1n) is 13.4. The van der Waals surface area contributed by atoms with Crippen LogP contribution < -0.4 is 20.7 Å². The number of ether oxygens (including phenoxy) is 3. The number of anilines is 2. The van der Waals surface area contributed by atoms with Gasteiger partial charge in [-0.2, -0.15) is 0 Å². The number of H-pyrrole nitrogens is 1. The van der Waals surface area contributed by atoms with Crippen molar-refractivity contribution in [2.24, 2.45) is 0 Å². The number of carbonyl (C=O) groups is 4. The number of aromatic amines is 1. The summed E-state index contributed by atoms with van der Waals surface area (Å²) in [7, 11) is 2.41.